The van der Waals surface area contributed by atoms with Crippen molar-refractivity contribution in [2.75, 3.05) is 0 Å². The Bertz CT molecular complexity index is 515. The highest BCUT2D eigenvalue weighted by molar-refractivity contribution is 6.11. The van der Waals surface area contributed by atoms with E-state index >= 15 is 0 Å². The Balaban J connectivity index is 2.02. The summed E-state index contributed by atoms with van der Waals surface area (Å²) in [4.78, 5) is 23.1. The van der Waals surface area contributed by atoms with Crippen molar-refractivity contribution in [2.24, 2.45) is 11.7 Å². The van der Waals surface area contributed by atoms with Gasteiger partial charge in [-0.15, -0.1) is 0 Å². The van der Waals surface area contributed by atoms with E-state index in [4.69, 9.17) is 5.73 Å². The second-order valence-electron chi connectivity index (χ2n) is 4.31. The molecule has 0 saturated heterocycles. The molecule has 3 nitrogen and oxygen atoms in total. The van der Waals surface area contributed by atoms with Crippen LogP contribution in [0, 0.1) is 5.92 Å². The number of carbonyl (C=O) groups excluding carboxylic acids is 2. The maximum Gasteiger partial charge on any atom is 0.232 e. The molecule has 1 aliphatic carbocycles. The van der Waals surface area contributed by atoms with E-state index in [1.165, 1.54) is 5.56 Å². The molecule has 0 spiro atoms. The number of primary amides is 1. The van der Waals surface area contributed by atoms with Crippen LogP contribution in [0.15, 0.2) is 54.1 Å². The fraction of sp³-hybridized carbons (Fsp3) is 0.200. The molecule has 0 aliphatic heterocycles. The molecule has 1 unspecified atom stereocenters. The van der Waals surface area contributed by atoms with E-state index in [9.17, 15) is 9.59 Å². The molecule has 1 aromatic rings. The Hall–Kier alpha value is -2.16. The zero-order chi connectivity index (χ0) is 13.0. The van der Waals surface area contributed by atoms with Gasteiger partial charge in [0.1, 0.15) is 5.92 Å². The Morgan fingerprint density at radius 3 is 2.56 bits per heavy atom. The number of rotatable bonds is 4. The third-order valence-corrected chi connectivity index (χ3v) is 3.03. The van der Waals surface area contributed by atoms with Gasteiger partial charge in [0.05, 0.1) is 0 Å². The summed E-state index contributed by atoms with van der Waals surface area (Å²) in [6.45, 7) is 0. The number of hydrogen-bond acceptors (Lipinski definition) is 2. The van der Waals surface area contributed by atoms with Gasteiger partial charge in [-0.3, -0.25) is 9.59 Å². The van der Waals surface area contributed by atoms with Gasteiger partial charge in [0.15, 0.2) is 5.78 Å². The van der Waals surface area contributed by atoms with Crippen LogP contribution in [0.3, 0.4) is 0 Å². The van der Waals surface area contributed by atoms with Crippen LogP contribution >= 0.6 is 0 Å². The van der Waals surface area contributed by atoms with E-state index in [1.807, 2.05) is 30.3 Å². The van der Waals surface area contributed by atoms with Gasteiger partial charge < -0.3 is 5.73 Å². The van der Waals surface area contributed by atoms with E-state index in [-0.39, 0.29) is 5.78 Å². The van der Waals surface area contributed by atoms with Crippen molar-refractivity contribution in [3.05, 3.63) is 59.7 Å². The topological polar surface area (TPSA) is 60.2 Å². The number of carbonyl (C=O) groups is 2. The molecule has 1 amide bonds. The van der Waals surface area contributed by atoms with Crippen molar-refractivity contribution >= 4 is 11.7 Å². The average molecular weight is 241 g/mol. The molecule has 1 aliphatic rings. The molecule has 18 heavy (non-hydrogen) atoms. The maximum atomic E-state index is 12.0. The van der Waals surface area contributed by atoms with Gasteiger partial charge in [-0.1, -0.05) is 48.6 Å². The molecule has 0 heterocycles. The second kappa shape index (κ2) is 5.45. The summed E-state index contributed by atoms with van der Waals surface area (Å²) in [7, 11) is 0. The third-order valence-electron chi connectivity index (χ3n) is 3.03. The molecule has 1 aromatic carbocycles. The number of hydrogen-bond donors (Lipinski definition) is 1. The van der Waals surface area contributed by atoms with E-state index in [0.29, 0.717) is 12.0 Å². The standard InChI is InChI=1S/C15H15NO2/c16-15(18)13-8-4-7-12(14(13)17)10-9-11-5-2-1-3-6-11/h1-8,13H,9-10H2,(H2,16,18). The molecule has 0 aromatic heterocycles. The van der Waals surface area contributed by atoms with Gasteiger partial charge >= 0.3 is 0 Å². The summed E-state index contributed by atoms with van der Waals surface area (Å²) in [5, 5.41) is 0. The van der Waals surface area contributed by atoms with Gasteiger partial charge in [0.25, 0.3) is 0 Å². The van der Waals surface area contributed by atoms with Crippen LogP contribution in [0.5, 0.6) is 0 Å². The third kappa shape index (κ3) is 2.74. The Kier molecular flexibility index (Phi) is 3.72. The number of nitrogens with two attached hydrogens (primary N) is 1. The Morgan fingerprint density at radius 1 is 1.17 bits per heavy atom. The number of Topliss-reactive ketones (excluding diaryl/α,β-unsaturated/α-hetero) is 1. The zero-order valence-electron chi connectivity index (χ0n) is 10.0. The summed E-state index contributed by atoms with van der Waals surface area (Å²) in [6.07, 6.45) is 6.48. The van der Waals surface area contributed by atoms with Crippen LogP contribution in [0.1, 0.15) is 12.0 Å². The van der Waals surface area contributed by atoms with Crippen LogP contribution in [0.25, 0.3) is 0 Å². The molecule has 3 heteroatoms. The summed E-state index contributed by atoms with van der Waals surface area (Å²) in [5.74, 6) is -1.54. The normalized spacial score (nSPS) is 18.6. The molecule has 0 bridgehead atoms. The van der Waals surface area contributed by atoms with E-state index in [0.717, 1.165) is 6.42 Å². The first-order valence-corrected chi connectivity index (χ1v) is 5.93. The summed E-state index contributed by atoms with van der Waals surface area (Å²) < 4.78 is 0. The molecular formula is C15H15NO2. The minimum atomic E-state index is -0.791. The highest BCUT2D eigenvalue weighted by atomic mass is 16.2. The second-order valence-corrected chi connectivity index (χ2v) is 4.31. The predicted octanol–water partition coefficient (Wildman–Crippen LogP) is 1.79. The van der Waals surface area contributed by atoms with Crippen LogP contribution < -0.4 is 5.73 Å². The van der Waals surface area contributed by atoms with Crippen LogP contribution in [-0.2, 0) is 16.0 Å². The Labute approximate surface area is 106 Å². The molecule has 1 atom stereocenters. The first-order valence-electron chi connectivity index (χ1n) is 5.93. The van der Waals surface area contributed by atoms with Crippen molar-refractivity contribution in [1.29, 1.82) is 0 Å². The van der Waals surface area contributed by atoms with E-state index in [2.05, 4.69) is 0 Å². The van der Waals surface area contributed by atoms with Gasteiger partial charge in [0, 0.05) is 0 Å². The minimum absolute atomic E-state index is 0.166. The monoisotopic (exact) mass is 241 g/mol. The fourth-order valence-electron chi connectivity index (χ4n) is 2.01. The van der Waals surface area contributed by atoms with Gasteiger partial charge in [-0.2, -0.15) is 0 Å². The van der Waals surface area contributed by atoms with Crippen LogP contribution in [0.2, 0.25) is 0 Å². The minimum Gasteiger partial charge on any atom is -0.369 e. The smallest absolute Gasteiger partial charge is 0.232 e. The fourth-order valence-corrected chi connectivity index (χ4v) is 2.01. The van der Waals surface area contributed by atoms with Gasteiger partial charge in [-0.25, -0.2) is 0 Å². The SMILES string of the molecule is NC(=O)C1C=CC=C(CCc2ccccc2)C1=O. The van der Waals surface area contributed by atoms with Crippen LogP contribution in [-0.4, -0.2) is 11.7 Å². The molecule has 0 saturated carbocycles. The number of allylic oxidation sites excluding steroid dienone is 3. The molecule has 2 rings (SSSR count). The maximum absolute atomic E-state index is 12.0. The number of ketones is 1. The lowest BCUT2D eigenvalue weighted by Crippen LogP contribution is -2.31. The summed E-state index contributed by atoms with van der Waals surface area (Å²) in [5.41, 5.74) is 7.04. The number of amides is 1. The van der Waals surface area contributed by atoms with E-state index < -0.39 is 11.8 Å². The van der Waals surface area contributed by atoms with Crippen molar-refractivity contribution in [3.63, 3.8) is 0 Å². The molecule has 92 valence electrons. The van der Waals surface area contributed by atoms with E-state index in [1.54, 1.807) is 18.2 Å². The average Bonchev–Trinajstić information content (AvgIpc) is 2.38. The number of benzene rings is 1. The molecule has 0 fully saturated rings. The lowest BCUT2D eigenvalue weighted by Gasteiger charge is -2.14. The van der Waals surface area contributed by atoms with Crippen molar-refractivity contribution in [2.45, 2.75) is 12.8 Å². The lowest BCUT2D eigenvalue weighted by atomic mass is 9.89. The molecule has 0 radical (unpaired) electrons. The van der Waals surface area contributed by atoms with Crippen molar-refractivity contribution in [1.82, 2.24) is 0 Å². The summed E-state index contributed by atoms with van der Waals surface area (Å²) >= 11 is 0. The first-order chi connectivity index (χ1) is 8.68. The van der Waals surface area contributed by atoms with Crippen LogP contribution in [0.4, 0.5) is 0 Å². The highest BCUT2D eigenvalue weighted by Crippen LogP contribution is 2.19. The zero-order valence-corrected chi connectivity index (χ0v) is 10.0. The largest absolute Gasteiger partial charge is 0.369 e. The molecule has 2 N–H and O–H groups in total. The summed E-state index contributed by atoms with van der Waals surface area (Å²) in [6, 6.07) is 9.95. The van der Waals surface area contributed by atoms with Gasteiger partial charge in [-0.05, 0) is 24.0 Å². The Morgan fingerprint density at radius 2 is 1.89 bits per heavy atom. The van der Waals surface area contributed by atoms with Gasteiger partial charge in [0.2, 0.25) is 5.91 Å². The first kappa shape index (κ1) is 12.3. The number of aryl methyl sites for hydroxylation is 1. The predicted molar refractivity (Wildman–Crippen MR) is 69.7 cm³/mol. The highest BCUT2D eigenvalue weighted by Gasteiger charge is 2.26. The lowest BCUT2D eigenvalue weighted by molar-refractivity contribution is -0.128. The van der Waals surface area contributed by atoms with Crippen molar-refractivity contribution < 1.29 is 9.59 Å². The van der Waals surface area contributed by atoms with Crippen molar-refractivity contribution in [3.8, 4) is 0 Å². The quantitative estimate of drug-likeness (QED) is 0.817. The molecular weight excluding hydrogens is 226 g/mol.